The van der Waals surface area contributed by atoms with Crippen LogP contribution >= 0.6 is 0 Å². The highest BCUT2D eigenvalue weighted by molar-refractivity contribution is 5.01. The molecule has 3 heterocycles. The van der Waals surface area contributed by atoms with Gasteiger partial charge in [0.15, 0.2) is 0 Å². The molecule has 62 valence electrons. The van der Waals surface area contributed by atoms with Gasteiger partial charge in [0.1, 0.15) is 0 Å². The second-order valence-corrected chi connectivity index (χ2v) is 4.35. The van der Waals surface area contributed by atoms with Crippen molar-refractivity contribution in [3.8, 4) is 0 Å². The molecule has 0 amide bonds. The van der Waals surface area contributed by atoms with Crippen molar-refractivity contribution in [2.45, 2.75) is 31.3 Å². The average Bonchev–Trinajstić information content (AvgIpc) is 2.05. The summed E-state index contributed by atoms with van der Waals surface area (Å²) in [7, 11) is 0. The molecule has 4 bridgehead atoms. The SMILES string of the molecule is C1CC2CC3CC(N1)C2CN3. The second kappa shape index (κ2) is 2.20. The second-order valence-electron chi connectivity index (χ2n) is 4.35. The van der Waals surface area contributed by atoms with Crippen LogP contribution in [0.15, 0.2) is 0 Å². The van der Waals surface area contributed by atoms with Crippen LogP contribution in [0.5, 0.6) is 0 Å². The Morgan fingerprint density at radius 3 is 2.82 bits per heavy atom. The van der Waals surface area contributed by atoms with Crippen LogP contribution in [-0.2, 0) is 0 Å². The van der Waals surface area contributed by atoms with Crippen molar-refractivity contribution in [3.05, 3.63) is 0 Å². The van der Waals surface area contributed by atoms with Crippen molar-refractivity contribution in [2.75, 3.05) is 13.1 Å². The zero-order chi connectivity index (χ0) is 7.26. The number of piperidine rings is 3. The summed E-state index contributed by atoms with van der Waals surface area (Å²) in [5, 5.41) is 7.25. The highest BCUT2D eigenvalue weighted by Crippen LogP contribution is 2.38. The van der Waals surface area contributed by atoms with Gasteiger partial charge in [-0.1, -0.05) is 0 Å². The van der Waals surface area contributed by atoms with Crippen molar-refractivity contribution in [2.24, 2.45) is 11.8 Å². The van der Waals surface area contributed by atoms with Gasteiger partial charge in [0.2, 0.25) is 0 Å². The van der Waals surface area contributed by atoms with E-state index in [0.717, 1.165) is 23.9 Å². The molecule has 2 N–H and O–H groups in total. The quantitative estimate of drug-likeness (QED) is 0.523. The Labute approximate surface area is 67.7 Å². The largest absolute Gasteiger partial charge is 0.314 e. The van der Waals surface area contributed by atoms with E-state index in [2.05, 4.69) is 10.6 Å². The maximum absolute atomic E-state index is 3.64. The minimum Gasteiger partial charge on any atom is -0.314 e. The summed E-state index contributed by atoms with van der Waals surface area (Å²) >= 11 is 0. The molecule has 0 spiro atoms. The molecule has 0 aromatic heterocycles. The standard InChI is InChI=1S/C9H16N2/c1-2-10-9-4-7-3-6(1)8(9)5-11-7/h6-11H,1-5H2. The molecule has 3 saturated heterocycles. The van der Waals surface area contributed by atoms with Crippen LogP contribution in [0.25, 0.3) is 0 Å². The molecule has 2 heteroatoms. The Morgan fingerprint density at radius 2 is 2.09 bits per heavy atom. The highest BCUT2D eigenvalue weighted by atomic mass is 15.0. The lowest BCUT2D eigenvalue weighted by atomic mass is 9.67. The van der Waals surface area contributed by atoms with Gasteiger partial charge in [0.25, 0.3) is 0 Å². The molecule has 1 saturated carbocycles. The Bertz CT molecular complexity index is 155. The van der Waals surface area contributed by atoms with Crippen molar-refractivity contribution in [1.29, 1.82) is 0 Å². The van der Waals surface area contributed by atoms with Crippen LogP contribution in [0.2, 0.25) is 0 Å². The van der Waals surface area contributed by atoms with Gasteiger partial charge >= 0.3 is 0 Å². The van der Waals surface area contributed by atoms with Gasteiger partial charge in [-0.15, -0.1) is 0 Å². The molecule has 0 aromatic rings. The fraction of sp³-hybridized carbons (Fsp3) is 1.00. The molecule has 4 fully saturated rings. The number of rotatable bonds is 0. The molecule has 0 aromatic carbocycles. The predicted octanol–water partition coefficient (Wildman–Crippen LogP) is 0.346. The lowest BCUT2D eigenvalue weighted by Gasteiger charge is -2.51. The van der Waals surface area contributed by atoms with E-state index in [1.807, 2.05) is 0 Å². The van der Waals surface area contributed by atoms with Gasteiger partial charge in [-0.25, -0.2) is 0 Å². The molecule has 1 aliphatic carbocycles. The van der Waals surface area contributed by atoms with E-state index in [1.54, 1.807) is 0 Å². The topological polar surface area (TPSA) is 24.1 Å². The fourth-order valence-corrected chi connectivity index (χ4v) is 3.25. The van der Waals surface area contributed by atoms with Crippen molar-refractivity contribution in [1.82, 2.24) is 10.6 Å². The van der Waals surface area contributed by atoms with Gasteiger partial charge in [-0.05, 0) is 44.2 Å². The van der Waals surface area contributed by atoms with Crippen LogP contribution in [0.3, 0.4) is 0 Å². The van der Waals surface area contributed by atoms with Gasteiger partial charge in [0, 0.05) is 12.1 Å². The lowest BCUT2D eigenvalue weighted by molar-refractivity contribution is 0.0554. The molecular formula is C9H16N2. The smallest absolute Gasteiger partial charge is 0.0125 e. The van der Waals surface area contributed by atoms with E-state index in [0.29, 0.717) is 0 Å². The minimum atomic E-state index is 0.850. The summed E-state index contributed by atoms with van der Waals surface area (Å²) < 4.78 is 0. The Hall–Kier alpha value is -0.0800. The van der Waals surface area contributed by atoms with E-state index in [1.165, 1.54) is 32.4 Å². The van der Waals surface area contributed by atoms with E-state index in [4.69, 9.17) is 0 Å². The summed E-state index contributed by atoms with van der Waals surface area (Å²) in [5.74, 6) is 2.02. The molecule has 4 atom stereocenters. The monoisotopic (exact) mass is 152 g/mol. The average molecular weight is 152 g/mol. The van der Waals surface area contributed by atoms with Gasteiger partial charge in [-0.3, -0.25) is 0 Å². The predicted molar refractivity (Wildman–Crippen MR) is 44.4 cm³/mol. The zero-order valence-electron chi connectivity index (χ0n) is 6.84. The summed E-state index contributed by atoms with van der Waals surface area (Å²) in [6.45, 7) is 2.56. The number of hydrogen-bond donors (Lipinski definition) is 2. The van der Waals surface area contributed by atoms with E-state index < -0.39 is 0 Å². The number of fused-ring (bicyclic) bond motifs is 1. The summed E-state index contributed by atoms with van der Waals surface area (Å²) in [6, 6.07) is 1.72. The summed E-state index contributed by atoms with van der Waals surface area (Å²) in [5.41, 5.74) is 0. The highest BCUT2D eigenvalue weighted by Gasteiger charge is 2.43. The maximum Gasteiger partial charge on any atom is 0.0125 e. The van der Waals surface area contributed by atoms with Crippen LogP contribution in [-0.4, -0.2) is 25.2 Å². The van der Waals surface area contributed by atoms with Crippen LogP contribution in [0.1, 0.15) is 19.3 Å². The molecule has 2 nitrogen and oxygen atoms in total. The summed E-state index contributed by atoms with van der Waals surface area (Å²) in [6.07, 6.45) is 4.28. The Kier molecular flexibility index (Phi) is 1.29. The molecule has 3 aliphatic heterocycles. The van der Waals surface area contributed by atoms with Gasteiger partial charge in [0.05, 0.1) is 0 Å². The van der Waals surface area contributed by atoms with Crippen LogP contribution < -0.4 is 10.6 Å². The van der Waals surface area contributed by atoms with E-state index in [9.17, 15) is 0 Å². The fourth-order valence-electron chi connectivity index (χ4n) is 3.25. The van der Waals surface area contributed by atoms with Crippen molar-refractivity contribution < 1.29 is 0 Å². The minimum absolute atomic E-state index is 0.850. The Balaban J connectivity index is 1.88. The maximum atomic E-state index is 3.64. The van der Waals surface area contributed by atoms with E-state index in [-0.39, 0.29) is 0 Å². The Morgan fingerprint density at radius 1 is 1.09 bits per heavy atom. The third-order valence-electron chi connectivity index (χ3n) is 3.81. The molecule has 0 radical (unpaired) electrons. The van der Waals surface area contributed by atoms with Gasteiger partial charge < -0.3 is 10.6 Å². The number of nitrogens with one attached hydrogen (secondary N) is 2. The molecule has 11 heavy (non-hydrogen) atoms. The number of hydrogen-bond acceptors (Lipinski definition) is 2. The molecule has 4 aliphatic rings. The molecular weight excluding hydrogens is 136 g/mol. The normalized spacial score (nSPS) is 54.5. The first kappa shape index (κ1) is 6.44. The third kappa shape index (κ3) is 0.859. The lowest BCUT2D eigenvalue weighted by Crippen LogP contribution is -2.62. The molecule has 4 rings (SSSR count). The zero-order valence-corrected chi connectivity index (χ0v) is 6.84. The summed E-state index contributed by atoms with van der Waals surface area (Å²) in [4.78, 5) is 0. The first-order valence-corrected chi connectivity index (χ1v) is 4.90. The molecule has 4 unspecified atom stereocenters. The van der Waals surface area contributed by atoms with E-state index >= 15 is 0 Å². The van der Waals surface area contributed by atoms with Crippen molar-refractivity contribution in [3.63, 3.8) is 0 Å². The first-order chi connectivity index (χ1) is 5.43. The van der Waals surface area contributed by atoms with Gasteiger partial charge in [-0.2, -0.15) is 0 Å². The first-order valence-electron chi connectivity index (χ1n) is 4.90. The third-order valence-corrected chi connectivity index (χ3v) is 3.81. The van der Waals surface area contributed by atoms with Crippen LogP contribution in [0.4, 0.5) is 0 Å². The van der Waals surface area contributed by atoms with Crippen LogP contribution in [0, 0.1) is 11.8 Å². The van der Waals surface area contributed by atoms with Crippen molar-refractivity contribution >= 4 is 0 Å².